The van der Waals surface area contributed by atoms with E-state index in [0.717, 1.165) is 6.42 Å². The molecular weight excluding hydrogens is 350 g/mol. The Morgan fingerprint density at radius 3 is 2.45 bits per heavy atom. The maximum Gasteiger partial charge on any atom is 0.0534 e. The van der Waals surface area contributed by atoms with Crippen molar-refractivity contribution in [3.8, 4) is 16.8 Å². The van der Waals surface area contributed by atoms with Gasteiger partial charge in [-0.15, -0.1) is 0 Å². The highest BCUT2D eigenvalue weighted by Crippen LogP contribution is 2.33. The monoisotopic (exact) mass is 375 g/mol. The standard InChI is InChI=1S/C28H25N/c1-2-21-15-17-22(18-16-21)24-11-8-12-25(19-24)29-20-27(23-9-4-3-5-10-23)26-13-6-7-14-28(26)29/h3-15,17-21H,2,16H2,1H3. The van der Waals surface area contributed by atoms with Gasteiger partial charge in [0.1, 0.15) is 0 Å². The number of fused-ring (bicyclic) bond motifs is 1. The Hall–Kier alpha value is -3.32. The van der Waals surface area contributed by atoms with Gasteiger partial charge in [0.15, 0.2) is 0 Å². The highest BCUT2D eigenvalue weighted by Gasteiger charge is 2.13. The average molecular weight is 376 g/mol. The lowest BCUT2D eigenvalue weighted by molar-refractivity contribution is 0.634. The van der Waals surface area contributed by atoms with E-state index in [1.54, 1.807) is 0 Å². The number of nitrogens with zero attached hydrogens (tertiary/aromatic N) is 1. The average Bonchev–Trinajstić information content (AvgIpc) is 3.20. The third-order valence-electron chi connectivity index (χ3n) is 5.97. The fraction of sp³-hybridized carbons (Fsp3) is 0.143. The van der Waals surface area contributed by atoms with E-state index in [0.29, 0.717) is 5.92 Å². The zero-order chi connectivity index (χ0) is 19.6. The quantitative estimate of drug-likeness (QED) is 0.345. The van der Waals surface area contributed by atoms with E-state index in [9.17, 15) is 0 Å². The fourth-order valence-corrected chi connectivity index (χ4v) is 4.26. The minimum Gasteiger partial charge on any atom is -0.316 e. The second-order valence-electron chi connectivity index (χ2n) is 7.77. The molecule has 142 valence electrons. The molecule has 1 aliphatic carbocycles. The van der Waals surface area contributed by atoms with Gasteiger partial charge in [-0.05, 0) is 53.7 Å². The van der Waals surface area contributed by atoms with Crippen LogP contribution in [0.2, 0.25) is 0 Å². The number of benzene rings is 3. The van der Waals surface area contributed by atoms with Crippen molar-refractivity contribution in [3.05, 3.63) is 109 Å². The van der Waals surface area contributed by atoms with Crippen molar-refractivity contribution < 1.29 is 0 Å². The lowest BCUT2D eigenvalue weighted by atomic mass is 9.91. The summed E-state index contributed by atoms with van der Waals surface area (Å²) in [5.41, 5.74) is 7.58. The van der Waals surface area contributed by atoms with E-state index in [1.807, 2.05) is 0 Å². The SMILES string of the molecule is CCC1C=CC(c2cccc(-n3cc(-c4ccccc4)c4ccccc43)c2)=CC1. The van der Waals surface area contributed by atoms with Gasteiger partial charge < -0.3 is 4.57 Å². The molecule has 0 fully saturated rings. The second-order valence-corrected chi connectivity index (χ2v) is 7.77. The molecule has 1 heteroatoms. The molecule has 1 nitrogen and oxygen atoms in total. The summed E-state index contributed by atoms with van der Waals surface area (Å²) in [6.45, 7) is 2.26. The van der Waals surface area contributed by atoms with Gasteiger partial charge in [-0.25, -0.2) is 0 Å². The Labute approximate surface area is 172 Å². The number of rotatable bonds is 4. The first-order chi connectivity index (χ1) is 14.3. The molecule has 0 bridgehead atoms. The van der Waals surface area contributed by atoms with Gasteiger partial charge in [-0.3, -0.25) is 0 Å². The van der Waals surface area contributed by atoms with Gasteiger partial charge in [0.2, 0.25) is 0 Å². The van der Waals surface area contributed by atoms with Crippen LogP contribution in [0.1, 0.15) is 25.3 Å². The van der Waals surface area contributed by atoms with Gasteiger partial charge >= 0.3 is 0 Å². The number of aromatic nitrogens is 1. The number of hydrogen-bond donors (Lipinski definition) is 0. The molecule has 0 saturated heterocycles. The normalized spacial score (nSPS) is 16.2. The summed E-state index contributed by atoms with van der Waals surface area (Å²) in [6.07, 6.45) is 11.7. The molecule has 0 N–H and O–H groups in total. The third kappa shape index (κ3) is 3.34. The Kier molecular flexibility index (Phi) is 4.65. The van der Waals surface area contributed by atoms with Crippen LogP contribution in [-0.4, -0.2) is 4.57 Å². The highest BCUT2D eigenvalue weighted by molar-refractivity contribution is 5.97. The van der Waals surface area contributed by atoms with Gasteiger partial charge in [0, 0.05) is 22.8 Å². The fourth-order valence-electron chi connectivity index (χ4n) is 4.26. The summed E-state index contributed by atoms with van der Waals surface area (Å²) in [5, 5.41) is 1.28. The summed E-state index contributed by atoms with van der Waals surface area (Å²) < 4.78 is 2.32. The van der Waals surface area contributed by atoms with Crippen molar-refractivity contribution in [2.75, 3.05) is 0 Å². The maximum absolute atomic E-state index is 2.39. The number of para-hydroxylation sites is 1. The van der Waals surface area contributed by atoms with E-state index in [-0.39, 0.29) is 0 Å². The zero-order valence-electron chi connectivity index (χ0n) is 16.8. The Balaban J connectivity index is 1.61. The molecule has 0 spiro atoms. The molecule has 0 amide bonds. The van der Waals surface area contributed by atoms with Gasteiger partial charge in [0.25, 0.3) is 0 Å². The van der Waals surface area contributed by atoms with Crippen molar-refractivity contribution in [1.82, 2.24) is 4.57 Å². The summed E-state index contributed by atoms with van der Waals surface area (Å²) in [5.74, 6) is 0.684. The molecule has 0 radical (unpaired) electrons. The van der Waals surface area contributed by atoms with Crippen LogP contribution in [0.15, 0.2) is 103 Å². The minimum absolute atomic E-state index is 0.684. The van der Waals surface area contributed by atoms with Crippen LogP contribution >= 0.6 is 0 Å². The lowest BCUT2D eigenvalue weighted by Gasteiger charge is -2.15. The molecule has 29 heavy (non-hydrogen) atoms. The van der Waals surface area contributed by atoms with Crippen LogP contribution in [0, 0.1) is 5.92 Å². The second kappa shape index (κ2) is 7.60. The van der Waals surface area contributed by atoms with E-state index in [2.05, 4.69) is 115 Å². The summed E-state index contributed by atoms with van der Waals surface area (Å²) in [4.78, 5) is 0. The summed E-state index contributed by atoms with van der Waals surface area (Å²) in [7, 11) is 0. The van der Waals surface area contributed by atoms with Crippen molar-refractivity contribution in [2.24, 2.45) is 5.92 Å². The van der Waals surface area contributed by atoms with Crippen molar-refractivity contribution in [2.45, 2.75) is 19.8 Å². The lowest BCUT2D eigenvalue weighted by Crippen LogP contribution is -1.98. The first-order valence-electron chi connectivity index (χ1n) is 10.5. The van der Waals surface area contributed by atoms with Crippen LogP contribution < -0.4 is 0 Å². The maximum atomic E-state index is 2.39. The Morgan fingerprint density at radius 2 is 1.66 bits per heavy atom. The predicted octanol–water partition coefficient (Wildman–Crippen LogP) is 7.67. The van der Waals surface area contributed by atoms with E-state index in [1.165, 1.54) is 45.3 Å². The van der Waals surface area contributed by atoms with E-state index in [4.69, 9.17) is 0 Å². The van der Waals surface area contributed by atoms with Crippen molar-refractivity contribution >= 4 is 16.5 Å². The van der Waals surface area contributed by atoms with Crippen molar-refractivity contribution in [1.29, 1.82) is 0 Å². The van der Waals surface area contributed by atoms with Crippen LogP contribution in [0.3, 0.4) is 0 Å². The first-order valence-corrected chi connectivity index (χ1v) is 10.5. The first kappa shape index (κ1) is 17.8. The summed E-state index contributed by atoms with van der Waals surface area (Å²) >= 11 is 0. The molecule has 1 aromatic heterocycles. The molecule has 1 unspecified atom stereocenters. The number of hydrogen-bond acceptors (Lipinski definition) is 0. The molecule has 1 atom stereocenters. The molecule has 1 aliphatic rings. The molecule has 0 aliphatic heterocycles. The largest absolute Gasteiger partial charge is 0.316 e. The number of allylic oxidation sites excluding steroid dienone is 4. The molecule has 0 saturated carbocycles. The summed E-state index contributed by atoms with van der Waals surface area (Å²) in [6, 6.07) is 28.2. The molecule has 4 aromatic rings. The molecule has 3 aromatic carbocycles. The zero-order valence-corrected chi connectivity index (χ0v) is 16.8. The van der Waals surface area contributed by atoms with Crippen LogP contribution in [-0.2, 0) is 0 Å². The van der Waals surface area contributed by atoms with Gasteiger partial charge in [-0.1, -0.05) is 85.8 Å². The Bertz CT molecular complexity index is 1210. The van der Waals surface area contributed by atoms with Crippen molar-refractivity contribution in [3.63, 3.8) is 0 Å². The Morgan fingerprint density at radius 1 is 0.862 bits per heavy atom. The van der Waals surface area contributed by atoms with Gasteiger partial charge in [-0.2, -0.15) is 0 Å². The van der Waals surface area contributed by atoms with Gasteiger partial charge in [0.05, 0.1) is 5.52 Å². The van der Waals surface area contributed by atoms with Crippen LogP contribution in [0.25, 0.3) is 33.3 Å². The molecular formula is C28H25N. The van der Waals surface area contributed by atoms with E-state index >= 15 is 0 Å². The van der Waals surface area contributed by atoms with E-state index < -0.39 is 0 Å². The predicted molar refractivity (Wildman–Crippen MR) is 124 cm³/mol. The third-order valence-corrected chi connectivity index (χ3v) is 5.97. The molecule has 1 heterocycles. The smallest absolute Gasteiger partial charge is 0.0534 e. The minimum atomic E-state index is 0.684. The highest BCUT2D eigenvalue weighted by atomic mass is 15.0. The molecule has 5 rings (SSSR count). The topological polar surface area (TPSA) is 4.93 Å². The van der Waals surface area contributed by atoms with Crippen LogP contribution in [0.4, 0.5) is 0 Å². The van der Waals surface area contributed by atoms with Crippen LogP contribution in [0.5, 0.6) is 0 Å².